The number of fused-ring (bicyclic) bond motifs is 3. The largest absolute Gasteiger partial charge is 0.454 e. The number of rotatable bonds is 3. The molecule has 0 aromatic heterocycles. The normalized spacial score (nSPS) is 33.4. The third-order valence-electron chi connectivity index (χ3n) is 6.40. The number of benzene rings is 1. The van der Waals surface area contributed by atoms with E-state index in [4.69, 9.17) is 9.47 Å². The van der Waals surface area contributed by atoms with Gasteiger partial charge in [0, 0.05) is 38.6 Å². The van der Waals surface area contributed by atoms with E-state index < -0.39 is 0 Å². The molecule has 2 bridgehead atoms. The summed E-state index contributed by atoms with van der Waals surface area (Å²) in [6.07, 6.45) is 3.73. The van der Waals surface area contributed by atoms with E-state index in [1.54, 1.807) is 0 Å². The van der Waals surface area contributed by atoms with Crippen LogP contribution in [0.3, 0.4) is 0 Å². The highest BCUT2D eigenvalue weighted by molar-refractivity contribution is 5.94. The van der Waals surface area contributed by atoms with Crippen molar-refractivity contribution in [3.05, 3.63) is 23.8 Å². The molecule has 2 saturated carbocycles. The Morgan fingerprint density at radius 1 is 1.08 bits per heavy atom. The molecule has 6 nitrogen and oxygen atoms in total. The number of nitrogens with zero attached hydrogens (tertiary/aromatic N) is 3. The quantitative estimate of drug-likeness (QED) is 0.673. The molecule has 134 valence electrons. The van der Waals surface area contributed by atoms with Crippen LogP contribution >= 0.6 is 0 Å². The topological polar surface area (TPSA) is 57.5 Å². The molecule has 6 heteroatoms. The molecular weight excluding hydrogens is 318 g/mol. The Kier molecular flexibility index (Phi) is 3.82. The molecule has 1 aromatic carbocycles. The number of hydrogen-bond donors (Lipinski definition) is 1. The van der Waals surface area contributed by atoms with Crippen molar-refractivity contribution in [2.24, 2.45) is 17.0 Å². The smallest absolute Gasteiger partial charge is 0.231 e. The lowest BCUT2D eigenvalue weighted by molar-refractivity contribution is 0.0945. The highest BCUT2D eigenvalue weighted by Crippen LogP contribution is 2.45. The average molecular weight is 343 g/mol. The van der Waals surface area contributed by atoms with E-state index in [1.807, 2.05) is 6.07 Å². The van der Waals surface area contributed by atoms with E-state index in [2.05, 4.69) is 27.1 Å². The zero-order chi connectivity index (χ0) is 16.8. The van der Waals surface area contributed by atoms with Crippen LogP contribution in [0.1, 0.15) is 24.8 Å². The number of ether oxygens (including phenoxy) is 2. The fourth-order valence-corrected chi connectivity index (χ4v) is 5.18. The Morgan fingerprint density at radius 3 is 2.76 bits per heavy atom. The predicted octanol–water partition coefficient (Wildman–Crippen LogP) is 2.16. The van der Waals surface area contributed by atoms with Gasteiger partial charge in [-0.1, -0.05) is 11.2 Å². The fourth-order valence-electron chi connectivity index (χ4n) is 5.18. The maximum absolute atomic E-state index is 9.44. The molecule has 0 amide bonds. The van der Waals surface area contributed by atoms with Gasteiger partial charge in [0.15, 0.2) is 11.5 Å². The van der Waals surface area contributed by atoms with Crippen molar-refractivity contribution in [2.75, 3.05) is 33.0 Å². The number of hydrogen-bond acceptors (Lipinski definition) is 6. The van der Waals surface area contributed by atoms with Gasteiger partial charge in [-0.05, 0) is 42.9 Å². The molecule has 2 aliphatic heterocycles. The average Bonchev–Trinajstić information content (AvgIpc) is 3.37. The van der Waals surface area contributed by atoms with Gasteiger partial charge in [0.2, 0.25) is 6.79 Å². The summed E-state index contributed by atoms with van der Waals surface area (Å²) < 4.78 is 10.9. The van der Waals surface area contributed by atoms with Crippen molar-refractivity contribution in [1.82, 2.24) is 9.80 Å². The molecule has 1 N–H and O–H groups in total. The van der Waals surface area contributed by atoms with Crippen molar-refractivity contribution in [3.8, 4) is 11.5 Å². The SMILES string of the molecule is O/N=C1/[C@H]2CC[C@H](C2)[C@@H]1N1CCN(Cc2ccc3c(c2)OCO3)CC1. The zero-order valence-corrected chi connectivity index (χ0v) is 14.4. The third-order valence-corrected chi connectivity index (χ3v) is 6.40. The predicted molar refractivity (Wildman–Crippen MR) is 93.3 cm³/mol. The first-order valence-corrected chi connectivity index (χ1v) is 9.38. The molecule has 0 spiro atoms. The monoisotopic (exact) mass is 343 g/mol. The zero-order valence-electron chi connectivity index (χ0n) is 14.4. The second kappa shape index (κ2) is 6.18. The lowest BCUT2D eigenvalue weighted by Gasteiger charge is -2.41. The number of oxime groups is 1. The van der Waals surface area contributed by atoms with Crippen LogP contribution in [0.15, 0.2) is 23.4 Å². The second-order valence-electron chi connectivity index (χ2n) is 7.74. The molecule has 1 aromatic rings. The lowest BCUT2D eigenvalue weighted by atomic mass is 9.91. The summed E-state index contributed by atoms with van der Waals surface area (Å²) in [7, 11) is 0. The second-order valence-corrected chi connectivity index (χ2v) is 7.74. The summed E-state index contributed by atoms with van der Waals surface area (Å²) in [5.74, 6) is 2.95. The Balaban J connectivity index is 1.20. The fraction of sp³-hybridized carbons (Fsp3) is 0.632. The lowest BCUT2D eigenvalue weighted by Crippen LogP contribution is -2.54. The van der Waals surface area contributed by atoms with E-state index in [1.165, 1.54) is 24.8 Å². The molecule has 2 aliphatic carbocycles. The molecular formula is C19H25N3O3. The molecule has 3 fully saturated rings. The first kappa shape index (κ1) is 15.5. The van der Waals surface area contributed by atoms with Gasteiger partial charge in [0.05, 0.1) is 11.8 Å². The highest BCUT2D eigenvalue weighted by Gasteiger charge is 2.48. The van der Waals surface area contributed by atoms with Gasteiger partial charge < -0.3 is 14.7 Å². The van der Waals surface area contributed by atoms with Gasteiger partial charge in [0.1, 0.15) is 0 Å². The minimum atomic E-state index is 0.329. The van der Waals surface area contributed by atoms with Crippen LogP contribution in [0.5, 0.6) is 11.5 Å². The Morgan fingerprint density at radius 2 is 1.92 bits per heavy atom. The van der Waals surface area contributed by atoms with Gasteiger partial charge in [-0.25, -0.2) is 0 Å². The Bertz CT molecular complexity index is 684. The van der Waals surface area contributed by atoms with Crippen LogP contribution in [0.4, 0.5) is 0 Å². The van der Waals surface area contributed by atoms with Crippen molar-refractivity contribution < 1.29 is 14.7 Å². The summed E-state index contributed by atoms with van der Waals surface area (Å²) in [4.78, 5) is 5.05. The van der Waals surface area contributed by atoms with Crippen molar-refractivity contribution in [3.63, 3.8) is 0 Å². The maximum Gasteiger partial charge on any atom is 0.231 e. The first-order chi connectivity index (χ1) is 12.3. The summed E-state index contributed by atoms with van der Waals surface area (Å²) >= 11 is 0. The minimum Gasteiger partial charge on any atom is -0.454 e. The summed E-state index contributed by atoms with van der Waals surface area (Å²) in [5, 5.41) is 13.1. The van der Waals surface area contributed by atoms with Gasteiger partial charge in [-0.15, -0.1) is 0 Å². The van der Waals surface area contributed by atoms with Gasteiger partial charge >= 0.3 is 0 Å². The van der Waals surface area contributed by atoms with Crippen LogP contribution in [0.25, 0.3) is 0 Å². The standard InChI is InChI=1S/C19H25N3O3/c23-20-18-14-2-3-15(10-14)19(18)22-7-5-21(6-8-22)11-13-1-4-16-17(9-13)25-12-24-16/h1,4,9,14-15,19,23H,2-3,5-8,10-12H2/b20-18-/t14-,15+,19-/m0/s1. The number of piperazine rings is 1. The van der Waals surface area contributed by atoms with Gasteiger partial charge in [-0.3, -0.25) is 9.80 Å². The van der Waals surface area contributed by atoms with Gasteiger partial charge in [0.25, 0.3) is 0 Å². The van der Waals surface area contributed by atoms with E-state index in [0.29, 0.717) is 24.7 Å². The van der Waals surface area contributed by atoms with Crippen molar-refractivity contribution >= 4 is 5.71 Å². The van der Waals surface area contributed by atoms with Crippen LogP contribution in [-0.2, 0) is 6.54 Å². The van der Waals surface area contributed by atoms with Crippen LogP contribution < -0.4 is 9.47 Å². The Hall–Kier alpha value is -1.79. The van der Waals surface area contributed by atoms with Crippen molar-refractivity contribution in [1.29, 1.82) is 0 Å². The summed E-state index contributed by atoms with van der Waals surface area (Å²) in [6.45, 7) is 5.49. The van der Waals surface area contributed by atoms with Crippen molar-refractivity contribution in [2.45, 2.75) is 31.8 Å². The molecule has 4 aliphatic rings. The molecule has 25 heavy (non-hydrogen) atoms. The summed E-state index contributed by atoms with van der Waals surface area (Å²) in [5.41, 5.74) is 2.33. The van der Waals surface area contributed by atoms with Crippen LogP contribution in [0, 0.1) is 11.8 Å². The van der Waals surface area contributed by atoms with E-state index >= 15 is 0 Å². The molecule has 0 unspecified atom stereocenters. The molecule has 5 rings (SSSR count). The maximum atomic E-state index is 9.44. The van der Waals surface area contributed by atoms with E-state index in [0.717, 1.165) is 49.9 Å². The van der Waals surface area contributed by atoms with E-state index in [-0.39, 0.29) is 0 Å². The third kappa shape index (κ3) is 2.68. The van der Waals surface area contributed by atoms with Crippen LogP contribution in [0.2, 0.25) is 0 Å². The minimum absolute atomic E-state index is 0.329. The first-order valence-electron chi connectivity index (χ1n) is 9.38. The molecule has 2 heterocycles. The van der Waals surface area contributed by atoms with E-state index in [9.17, 15) is 5.21 Å². The Labute approximate surface area is 148 Å². The van der Waals surface area contributed by atoms with Crippen LogP contribution in [-0.4, -0.2) is 59.7 Å². The van der Waals surface area contributed by atoms with Gasteiger partial charge in [-0.2, -0.15) is 0 Å². The highest BCUT2D eigenvalue weighted by atomic mass is 16.7. The molecule has 0 radical (unpaired) electrons. The molecule has 3 atom stereocenters. The summed E-state index contributed by atoms with van der Waals surface area (Å²) in [6, 6.07) is 6.62. The molecule has 1 saturated heterocycles.